The highest BCUT2D eigenvalue weighted by Gasteiger charge is 2.24. The summed E-state index contributed by atoms with van der Waals surface area (Å²) in [5.41, 5.74) is 3.51. The SMILES string of the molecule is Cc1cc2c(C)nc(N3CCC(NC(CCn4ccnc4C)c4ccccc4)CC3)nc2cc1F. The lowest BCUT2D eigenvalue weighted by Crippen LogP contribution is -2.44. The van der Waals surface area contributed by atoms with E-state index >= 15 is 0 Å². The molecule has 1 unspecified atom stereocenters. The summed E-state index contributed by atoms with van der Waals surface area (Å²) in [5.74, 6) is 1.53. The van der Waals surface area contributed by atoms with Gasteiger partial charge in [-0.15, -0.1) is 0 Å². The summed E-state index contributed by atoms with van der Waals surface area (Å²) in [7, 11) is 0. The standard InChI is InChI=1S/C28H33FN6/c1-19-17-24-20(2)31-28(33-27(24)18-25(19)29)35-13-9-23(10-14-35)32-26(22-7-5-4-6-8-22)11-15-34-16-12-30-21(34)3/h4-8,12,16-18,23,26,32H,9-11,13-15H2,1-3H3. The summed E-state index contributed by atoms with van der Waals surface area (Å²) in [6.45, 7) is 8.48. The van der Waals surface area contributed by atoms with Crippen LogP contribution >= 0.6 is 0 Å². The Kier molecular flexibility index (Phi) is 6.77. The zero-order valence-electron chi connectivity index (χ0n) is 20.7. The first-order chi connectivity index (χ1) is 17.0. The molecule has 1 atom stereocenters. The summed E-state index contributed by atoms with van der Waals surface area (Å²) in [5, 5.41) is 4.85. The van der Waals surface area contributed by atoms with Crippen LogP contribution < -0.4 is 10.2 Å². The smallest absolute Gasteiger partial charge is 0.226 e. The fraction of sp³-hybridized carbons (Fsp3) is 0.393. The summed E-state index contributed by atoms with van der Waals surface area (Å²) >= 11 is 0. The molecule has 1 saturated heterocycles. The lowest BCUT2D eigenvalue weighted by atomic mass is 9.99. The number of rotatable bonds is 7. The van der Waals surface area contributed by atoms with E-state index in [1.165, 1.54) is 11.6 Å². The van der Waals surface area contributed by atoms with Crippen LogP contribution in [0.1, 0.15) is 47.9 Å². The van der Waals surface area contributed by atoms with E-state index in [1.807, 2.05) is 26.1 Å². The lowest BCUT2D eigenvalue weighted by Gasteiger charge is -2.35. The second-order valence-corrected chi connectivity index (χ2v) is 9.58. The van der Waals surface area contributed by atoms with Gasteiger partial charge in [0.25, 0.3) is 0 Å². The van der Waals surface area contributed by atoms with Crippen LogP contribution in [0.4, 0.5) is 10.3 Å². The predicted molar refractivity (Wildman–Crippen MR) is 138 cm³/mol. The average Bonchev–Trinajstić information content (AvgIpc) is 3.28. The fourth-order valence-corrected chi connectivity index (χ4v) is 5.01. The molecule has 0 amide bonds. The summed E-state index contributed by atoms with van der Waals surface area (Å²) in [4.78, 5) is 16.1. The van der Waals surface area contributed by atoms with Crippen molar-refractivity contribution in [1.29, 1.82) is 0 Å². The van der Waals surface area contributed by atoms with Crippen molar-refractivity contribution in [1.82, 2.24) is 24.8 Å². The number of aryl methyl sites for hydroxylation is 4. The third kappa shape index (κ3) is 5.20. The molecular weight excluding hydrogens is 439 g/mol. The van der Waals surface area contributed by atoms with Gasteiger partial charge in [0.05, 0.1) is 11.2 Å². The van der Waals surface area contributed by atoms with Crippen LogP contribution in [-0.4, -0.2) is 38.7 Å². The van der Waals surface area contributed by atoms with Gasteiger partial charge in [-0.2, -0.15) is 0 Å². The Bertz CT molecular complexity index is 1290. The molecule has 1 aliphatic rings. The Morgan fingerprint density at radius 1 is 1.06 bits per heavy atom. The van der Waals surface area contributed by atoms with Crippen molar-refractivity contribution in [2.24, 2.45) is 0 Å². The van der Waals surface area contributed by atoms with Crippen molar-refractivity contribution in [2.75, 3.05) is 18.0 Å². The number of aromatic nitrogens is 4. The maximum absolute atomic E-state index is 14.2. The molecule has 1 aliphatic heterocycles. The predicted octanol–water partition coefficient (Wildman–Crippen LogP) is 5.28. The number of hydrogen-bond donors (Lipinski definition) is 1. The van der Waals surface area contributed by atoms with Crippen molar-refractivity contribution in [3.05, 3.63) is 83.3 Å². The molecule has 0 radical (unpaired) electrons. The number of nitrogens with zero attached hydrogens (tertiary/aromatic N) is 5. The second-order valence-electron chi connectivity index (χ2n) is 9.58. The van der Waals surface area contributed by atoms with Crippen LogP contribution in [0.15, 0.2) is 54.9 Å². The van der Waals surface area contributed by atoms with Crippen LogP contribution in [0.3, 0.4) is 0 Å². The Morgan fingerprint density at radius 2 is 1.83 bits per heavy atom. The number of imidazole rings is 1. The molecule has 0 spiro atoms. The molecule has 2 aromatic carbocycles. The Morgan fingerprint density at radius 3 is 2.54 bits per heavy atom. The average molecular weight is 473 g/mol. The molecule has 5 rings (SSSR count). The monoisotopic (exact) mass is 472 g/mol. The highest BCUT2D eigenvalue weighted by molar-refractivity contribution is 5.82. The van der Waals surface area contributed by atoms with Gasteiger partial charge in [-0.25, -0.2) is 19.3 Å². The molecule has 0 aliphatic carbocycles. The van der Waals surface area contributed by atoms with E-state index in [9.17, 15) is 4.39 Å². The van der Waals surface area contributed by atoms with E-state index in [0.29, 0.717) is 23.1 Å². The maximum atomic E-state index is 14.2. The molecule has 35 heavy (non-hydrogen) atoms. The topological polar surface area (TPSA) is 58.9 Å². The van der Waals surface area contributed by atoms with E-state index < -0.39 is 0 Å². The minimum Gasteiger partial charge on any atom is -0.341 e. The van der Waals surface area contributed by atoms with Gasteiger partial charge in [-0.3, -0.25) is 0 Å². The van der Waals surface area contributed by atoms with Crippen LogP contribution in [0, 0.1) is 26.6 Å². The third-order valence-electron chi connectivity index (χ3n) is 7.15. The number of benzene rings is 2. The summed E-state index contributed by atoms with van der Waals surface area (Å²) in [6, 6.07) is 14.8. The van der Waals surface area contributed by atoms with Gasteiger partial charge in [0.15, 0.2) is 0 Å². The van der Waals surface area contributed by atoms with Crippen molar-refractivity contribution >= 4 is 16.9 Å². The summed E-state index contributed by atoms with van der Waals surface area (Å²) in [6.07, 6.45) is 6.93. The number of halogens is 1. The lowest BCUT2D eigenvalue weighted by molar-refractivity contribution is 0.347. The first kappa shape index (κ1) is 23.4. The highest BCUT2D eigenvalue weighted by atomic mass is 19.1. The Labute approximate surface area is 206 Å². The van der Waals surface area contributed by atoms with Gasteiger partial charge < -0.3 is 14.8 Å². The van der Waals surface area contributed by atoms with Crippen LogP contribution in [0.2, 0.25) is 0 Å². The second kappa shape index (κ2) is 10.1. The van der Waals surface area contributed by atoms with Crippen LogP contribution in [0.5, 0.6) is 0 Å². The summed E-state index contributed by atoms with van der Waals surface area (Å²) < 4.78 is 16.4. The van der Waals surface area contributed by atoms with Crippen molar-refractivity contribution < 1.29 is 4.39 Å². The molecular formula is C28H33FN6. The molecule has 3 heterocycles. The van der Waals surface area contributed by atoms with Crippen molar-refractivity contribution in [2.45, 2.75) is 58.7 Å². The van der Waals surface area contributed by atoms with E-state index in [4.69, 9.17) is 9.97 Å². The quantitative estimate of drug-likeness (QED) is 0.397. The Balaban J connectivity index is 1.26. The number of nitrogens with one attached hydrogen (secondary N) is 1. The molecule has 4 aromatic rings. The van der Waals surface area contributed by atoms with Gasteiger partial charge >= 0.3 is 0 Å². The van der Waals surface area contributed by atoms with Gasteiger partial charge in [-0.1, -0.05) is 30.3 Å². The van der Waals surface area contributed by atoms with Crippen LogP contribution in [-0.2, 0) is 6.54 Å². The highest BCUT2D eigenvalue weighted by Crippen LogP contribution is 2.26. The molecule has 6 nitrogen and oxygen atoms in total. The first-order valence-corrected chi connectivity index (χ1v) is 12.5. The maximum Gasteiger partial charge on any atom is 0.226 e. The number of anilines is 1. The third-order valence-corrected chi connectivity index (χ3v) is 7.15. The first-order valence-electron chi connectivity index (χ1n) is 12.5. The number of piperidine rings is 1. The fourth-order valence-electron chi connectivity index (χ4n) is 5.01. The van der Waals surface area contributed by atoms with E-state index in [-0.39, 0.29) is 11.9 Å². The molecule has 0 bridgehead atoms. The minimum absolute atomic E-state index is 0.220. The Hall–Kier alpha value is -3.32. The van der Waals surface area contributed by atoms with Gasteiger partial charge in [-0.05, 0) is 57.2 Å². The molecule has 1 fully saturated rings. The molecule has 1 N–H and O–H groups in total. The molecule has 7 heteroatoms. The van der Waals surface area contributed by atoms with Gasteiger partial charge in [0.1, 0.15) is 11.6 Å². The van der Waals surface area contributed by atoms with Crippen molar-refractivity contribution in [3.8, 4) is 0 Å². The normalized spacial score (nSPS) is 15.6. The molecule has 182 valence electrons. The van der Waals surface area contributed by atoms with Gasteiger partial charge in [0.2, 0.25) is 5.95 Å². The zero-order valence-corrected chi connectivity index (χ0v) is 20.7. The molecule has 2 aromatic heterocycles. The minimum atomic E-state index is -0.220. The number of hydrogen-bond acceptors (Lipinski definition) is 5. The van der Waals surface area contributed by atoms with Crippen LogP contribution in [0.25, 0.3) is 10.9 Å². The zero-order chi connectivity index (χ0) is 24.4. The van der Waals surface area contributed by atoms with E-state index in [2.05, 4.69) is 56.3 Å². The largest absolute Gasteiger partial charge is 0.341 e. The van der Waals surface area contributed by atoms with E-state index in [1.54, 1.807) is 6.92 Å². The van der Waals surface area contributed by atoms with E-state index in [0.717, 1.165) is 55.8 Å². The number of fused-ring (bicyclic) bond motifs is 1. The van der Waals surface area contributed by atoms with Crippen molar-refractivity contribution in [3.63, 3.8) is 0 Å². The van der Waals surface area contributed by atoms with Gasteiger partial charge in [0, 0.05) is 55.6 Å². The molecule has 0 saturated carbocycles.